The number of Topliss-reactive ketones (excluding diaryl/α,β-unsaturated/α-hetero) is 1. The lowest BCUT2D eigenvalue weighted by Gasteiger charge is -2.44. The fourth-order valence-electron chi connectivity index (χ4n) is 4.47. The van der Waals surface area contributed by atoms with Crippen LogP contribution in [0.1, 0.15) is 84.6 Å². The molecule has 0 amide bonds. The Morgan fingerprint density at radius 1 is 1.10 bits per heavy atom. The lowest BCUT2D eigenvalue weighted by Crippen LogP contribution is -2.43. The maximum Gasteiger partial charge on any atom is 0.313 e. The van der Waals surface area contributed by atoms with Crippen LogP contribution in [0, 0.1) is 11.8 Å². The highest BCUT2D eigenvalue weighted by molar-refractivity contribution is 5.95. The van der Waals surface area contributed by atoms with Gasteiger partial charge in [0.05, 0.1) is 0 Å². The van der Waals surface area contributed by atoms with Gasteiger partial charge in [0.15, 0.2) is 0 Å². The van der Waals surface area contributed by atoms with Gasteiger partial charge in [0, 0.05) is 12.3 Å². The summed E-state index contributed by atoms with van der Waals surface area (Å²) in [5.41, 5.74) is 1.19. The molecule has 29 heavy (non-hydrogen) atoms. The number of carbonyl (C=O) groups excluding carboxylic acids is 2. The third-order valence-electron chi connectivity index (χ3n) is 6.33. The number of rotatable bonds is 10. The van der Waals surface area contributed by atoms with E-state index in [-0.39, 0.29) is 35.6 Å². The molecule has 1 aromatic carbocycles. The third-order valence-corrected chi connectivity index (χ3v) is 6.33. The molecule has 0 radical (unpaired) electrons. The van der Waals surface area contributed by atoms with Gasteiger partial charge in [-0.2, -0.15) is 0 Å². The fraction of sp³-hybridized carbons (Fsp3) is 0.615. The smallest absolute Gasteiger partial charge is 0.313 e. The Labute approximate surface area is 176 Å². The molecule has 1 aliphatic rings. The van der Waals surface area contributed by atoms with Gasteiger partial charge in [-0.3, -0.25) is 9.59 Å². The molecule has 3 heteroatoms. The van der Waals surface area contributed by atoms with Gasteiger partial charge in [0.1, 0.15) is 18.3 Å². The number of benzene rings is 1. The van der Waals surface area contributed by atoms with E-state index in [0.29, 0.717) is 18.8 Å². The summed E-state index contributed by atoms with van der Waals surface area (Å²) in [6.07, 6.45) is 10.2. The van der Waals surface area contributed by atoms with Crippen LogP contribution < -0.4 is 0 Å². The molecule has 1 fully saturated rings. The minimum absolute atomic E-state index is 0.0288. The van der Waals surface area contributed by atoms with Gasteiger partial charge < -0.3 is 4.74 Å². The number of hydrogen-bond donors (Lipinski definition) is 0. The normalized spacial score (nSPS) is 22.6. The van der Waals surface area contributed by atoms with Crippen molar-refractivity contribution in [3.05, 3.63) is 48.0 Å². The van der Waals surface area contributed by atoms with Crippen LogP contribution >= 0.6 is 0 Å². The molecule has 0 unspecified atom stereocenters. The van der Waals surface area contributed by atoms with Crippen LogP contribution in [0.4, 0.5) is 0 Å². The lowest BCUT2D eigenvalue weighted by molar-refractivity contribution is -0.157. The molecule has 3 atom stereocenters. The first-order chi connectivity index (χ1) is 13.8. The van der Waals surface area contributed by atoms with E-state index in [2.05, 4.69) is 58.0 Å². The van der Waals surface area contributed by atoms with E-state index < -0.39 is 0 Å². The van der Waals surface area contributed by atoms with Gasteiger partial charge in [-0.25, -0.2) is 0 Å². The molecule has 0 N–H and O–H groups in total. The van der Waals surface area contributed by atoms with Gasteiger partial charge in [-0.15, -0.1) is 0 Å². The molecule has 2 rings (SSSR count). The molecular formula is C26H38O3. The molecule has 1 aliphatic carbocycles. The Hall–Kier alpha value is -1.90. The highest BCUT2D eigenvalue weighted by Gasteiger charge is 2.42. The van der Waals surface area contributed by atoms with Crippen molar-refractivity contribution in [3.8, 4) is 0 Å². The Kier molecular flexibility index (Phi) is 9.13. The number of carbonyl (C=O) groups is 2. The van der Waals surface area contributed by atoms with Crippen LogP contribution in [0.2, 0.25) is 0 Å². The average molecular weight is 399 g/mol. The largest absolute Gasteiger partial charge is 0.462 e. The summed E-state index contributed by atoms with van der Waals surface area (Å²) < 4.78 is 5.92. The predicted octanol–water partition coefficient (Wildman–Crippen LogP) is 6.41. The maximum atomic E-state index is 12.5. The van der Waals surface area contributed by atoms with Gasteiger partial charge in [0.25, 0.3) is 0 Å². The van der Waals surface area contributed by atoms with E-state index in [0.717, 1.165) is 32.1 Å². The van der Waals surface area contributed by atoms with Crippen LogP contribution in [-0.4, -0.2) is 17.9 Å². The number of unbranched alkanes of at least 4 members (excludes halogenated alkanes) is 1. The van der Waals surface area contributed by atoms with Crippen LogP contribution in [0.25, 0.3) is 0 Å². The van der Waals surface area contributed by atoms with E-state index in [1.807, 2.05) is 12.1 Å². The predicted molar refractivity (Wildman–Crippen MR) is 119 cm³/mol. The highest BCUT2D eigenvalue weighted by Crippen LogP contribution is 2.43. The molecule has 0 aliphatic heterocycles. The van der Waals surface area contributed by atoms with E-state index in [9.17, 15) is 9.59 Å². The molecule has 0 heterocycles. The van der Waals surface area contributed by atoms with E-state index in [1.54, 1.807) is 0 Å². The lowest BCUT2D eigenvalue weighted by atomic mass is 9.64. The molecule has 1 saturated carbocycles. The van der Waals surface area contributed by atoms with Crippen molar-refractivity contribution >= 4 is 11.8 Å². The van der Waals surface area contributed by atoms with Crippen molar-refractivity contribution < 1.29 is 14.3 Å². The van der Waals surface area contributed by atoms with E-state index in [4.69, 9.17) is 4.74 Å². The average Bonchev–Trinajstić information content (AvgIpc) is 2.68. The van der Waals surface area contributed by atoms with Crippen LogP contribution in [0.5, 0.6) is 0 Å². The van der Waals surface area contributed by atoms with Gasteiger partial charge in [-0.1, -0.05) is 83.0 Å². The Morgan fingerprint density at radius 3 is 2.48 bits per heavy atom. The van der Waals surface area contributed by atoms with Crippen molar-refractivity contribution in [3.63, 3.8) is 0 Å². The Bertz CT molecular complexity index is 674. The Balaban J connectivity index is 1.96. The van der Waals surface area contributed by atoms with Crippen molar-refractivity contribution in [1.29, 1.82) is 0 Å². The summed E-state index contributed by atoms with van der Waals surface area (Å²) in [5.74, 6) is 0.409. The molecule has 0 spiro atoms. The van der Waals surface area contributed by atoms with Crippen molar-refractivity contribution in [2.75, 3.05) is 0 Å². The zero-order chi connectivity index (χ0) is 21.3. The van der Waals surface area contributed by atoms with Crippen molar-refractivity contribution in [1.82, 2.24) is 0 Å². The van der Waals surface area contributed by atoms with Crippen molar-refractivity contribution in [2.45, 2.75) is 90.6 Å². The minimum Gasteiger partial charge on any atom is -0.462 e. The summed E-state index contributed by atoms with van der Waals surface area (Å²) in [7, 11) is 0. The molecule has 0 bridgehead atoms. The monoisotopic (exact) mass is 398 g/mol. The number of esters is 1. The van der Waals surface area contributed by atoms with Gasteiger partial charge >= 0.3 is 5.97 Å². The third kappa shape index (κ3) is 7.13. The molecule has 1 aromatic rings. The first-order valence-electron chi connectivity index (χ1n) is 11.3. The maximum absolute atomic E-state index is 12.5. The Morgan fingerprint density at radius 2 is 1.79 bits per heavy atom. The quantitative estimate of drug-likeness (QED) is 0.260. The standard InChI is InChI=1S/C26H38O3/c1-5-6-7-8-12-15-22(27)19-25(28)29-24-18-20(2)16-17-23(24)26(3,4)21-13-10-9-11-14-21/h7-11,13-14,20,23-24H,5-6,12,15-19H2,1-4H3/b8-7-/t20-,23-,24-/m1/s1. The number of allylic oxidation sites excluding steroid dienone is 2. The van der Waals surface area contributed by atoms with Crippen LogP contribution in [0.3, 0.4) is 0 Å². The number of hydrogen-bond acceptors (Lipinski definition) is 3. The van der Waals surface area contributed by atoms with Crippen LogP contribution in [-0.2, 0) is 19.7 Å². The minimum atomic E-state index is -0.361. The molecule has 0 aromatic heterocycles. The first-order valence-corrected chi connectivity index (χ1v) is 11.3. The van der Waals surface area contributed by atoms with Crippen LogP contribution in [0.15, 0.2) is 42.5 Å². The summed E-state index contributed by atoms with van der Waals surface area (Å²) in [6, 6.07) is 10.5. The molecular weight excluding hydrogens is 360 g/mol. The topological polar surface area (TPSA) is 43.4 Å². The summed E-state index contributed by atoms with van der Waals surface area (Å²) in [6.45, 7) is 8.85. The van der Waals surface area contributed by atoms with Gasteiger partial charge in [0.2, 0.25) is 0 Å². The fourth-order valence-corrected chi connectivity index (χ4v) is 4.47. The summed E-state index contributed by atoms with van der Waals surface area (Å²) in [5, 5.41) is 0. The second kappa shape index (κ2) is 11.3. The highest BCUT2D eigenvalue weighted by atomic mass is 16.5. The summed E-state index contributed by atoms with van der Waals surface area (Å²) >= 11 is 0. The molecule has 160 valence electrons. The first kappa shape index (κ1) is 23.4. The zero-order valence-electron chi connectivity index (χ0n) is 18.7. The van der Waals surface area contributed by atoms with E-state index in [1.165, 1.54) is 5.56 Å². The second-order valence-corrected chi connectivity index (χ2v) is 9.15. The SMILES string of the molecule is CCC/C=C\CCC(=O)CC(=O)O[C@@H]1C[C@H](C)CC[C@H]1C(C)(C)c1ccccc1. The number of ether oxygens (including phenoxy) is 1. The zero-order valence-corrected chi connectivity index (χ0v) is 18.7. The van der Waals surface area contributed by atoms with E-state index >= 15 is 0 Å². The summed E-state index contributed by atoms with van der Waals surface area (Å²) in [4.78, 5) is 24.7. The van der Waals surface area contributed by atoms with Crippen molar-refractivity contribution in [2.24, 2.45) is 11.8 Å². The molecule has 0 saturated heterocycles. The molecule has 3 nitrogen and oxygen atoms in total. The second-order valence-electron chi connectivity index (χ2n) is 9.15. The van der Waals surface area contributed by atoms with Gasteiger partial charge in [-0.05, 0) is 42.6 Å². The number of ketones is 1.